The molecule has 0 fully saturated rings. The molecule has 28 heavy (non-hydrogen) atoms. The van der Waals surface area contributed by atoms with E-state index in [9.17, 15) is 19.2 Å². The molecule has 2 unspecified atom stereocenters. The highest BCUT2D eigenvalue weighted by Crippen LogP contribution is 2.49. The first-order valence-electron chi connectivity index (χ1n) is 8.60. The van der Waals surface area contributed by atoms with Crippen LogP contribution in [0.3, 0.4) is 0 Å². The molecule has 2 aromatic rings. The van der Waals surface area contributed by atoms with Crippen molar-refractivity contribution in [1.82, 2.24) is 0 Å². The summed E-state index contributed by atoms with van der Waals surface area (Å²) in [4.78, 5) is 46.6. The van der Waals surface area contributed by atoms with Gasteiger partial charge in [0, 0.05) is 5.92 Å². The molecule has 2 atom stereocenters. The van der Waals surface area contributed by atoms with Gasteiger partial charge in [-0.25, -0.2) is 19.2 Å². The number of benzene rings is 2. The van der Waals surface area contributed by atoms with Crippen molar-refractivity contribution in [3.05, 3.63) is 58.1 Å². The molecule has 0 radical (unpaired) electrons. The fraction of sp³-hybridized carbons (Fsp3) is 0.200. The van der Waals surface area contributed by atoms with Crippen molar-refractivity contribution >= 4 is 24.2 Å². The number of fused-ring (bicyclic) bond motifs is 3. The van der Waals surface area contributed by atoms with Gasteiger partial charge in [0.15, 0.2) is 11.5 Å². The third-order valence-corrected chi connectivity index (χ3v) is 5.27. The Hall–Kier alpha value is -3.68. The van der Waals surface area contributed by atoms with Crippen molar-refractivity contribution in [2.24, 2.45) is 0 Å². The highest BCUT2D eigenvalue weighted by atomic mass is 16.8. The molecule has 0 saturated carbocycles. The normalized spacial score (nSPS) is 22.3. The Bertz CT molecular complexity index is 1100. The maximum Gasteiger partial charge on any atom is 0.524 e. The molecule has 0 saturated heterocycles. The summed E-state index contributed by atoms with van der Waals surface area (Å²) >= 11 is 0. The van der Waals surface area contributed by atoms with Crippen molar-refractivity contribution in [3.63, 3.8) is 0 Å². The van der Waals surface area contributed by atoms with Crippen LogP contribution in [0.25, 0.3) is 0 Å². The van der Waals surface area contributed by atoms with Gasteiger partial charge in [0.2, 0.25) is 0 Å². The van der Waals surface area contributed by atoms with Crippen LogP contribution in [0.2, 0.25) is 0 Å². The largest absolute Gasteiger partial charge is 0.524 e. The number of ether oxygens (including phenoxy) is 4. The van der Waals surface area contributed by atoms with Gasteiger partial charge in [-0.05, 0) is 53.3 Å². The molecule has 0 N–H and O–H groups in total. The van der Waals surface area contributed by atoms with Crippen molar-refractivity contribution in [2.45, 2.75) is 25.2 Å². The van der Waals surface area contributed by atoms with E-state index in [0.717, 1.165) is 23.1 Å². The van der Waals surface area contributed by atoms with Crippen LogP contribution in [-0.4, -0.2) is 24.2 Å². The molecule has 2 aromatic carbocycles. The maximum atomic E-state index is 11.9. The Kier molecular flexibility index (Phi) is 3.33. The number of rotatable bonds is 1. The van der Waals surface area contributed by atoms with E-state index in [0.29, 0.717) is 0 Å². The monoisotopic (exact) mass is 380 g/mol. The predicted molar refractivity (Wildman–Crippen MR) is 90.6 cm³/mol. The lowest BCUT2D eigenvalue weighted by Gasteiger charge is -2.14. The van der Waals surface area contributed by atoms with Crippen molar-refractivity contribution < 1.29 is 38.1 Å². The van der Waals surface area contributed by atoms with Crippen LogP contribution in [0.1, 0.15) is 62.6 Å². The first kappa shape index (κ1) is 16.5. The second-order valence-electron chi connectivity index (χ2n) is 6.91. The van der Waals surface area contributed by atoms with E-state index < -0.39 is 24.2 Å². The van der Waals surface area contributed by atoms with E-state index in [-0.39, 0.29) is 34.5 Å². The van der Waals surface area contributed by atoms with Gasteiger partial charge >= 0.3 is 24.2 Å². The van der Waals surface area contributed by atoms with Gasteiger partial charge in [-0.2, -0.15) is 0 Å². The average Bonchev–Trinajstić information content (AvgIpc) is 3.05. The van der Waals surface area contributed by atoms with E-state index in [1.807, 2.05) is 6.92 Å². The SMILES string of the molecule is CC1CC(c2ccc3c(c2)C(=O)OC3=O)c2cc3c(cc21)OC(=O)OC(=O)O3. The molecule has 0 aromatic heterocycles. The lowest BCUT2D eigenvalue weighted by molar-refractivity contribution is 0.0443. The average molecular weight is 380 g/mol. The minimum absolute atomic E-state index is 0.0875. The number of carbonyl (C=O) groups is 4. The molecule has 0 amide bonds. The number of hydrogen-bond donors (Lipinski definition) is 0. The van der Waals surface area contributed by atoms with Gasteiger partial charge in [-0.1, -0.05) is 13.0 Å². The standard InChI is InChI=1S/C20H12O8/c1-8-4-12(9-2-3-10-14(5-9)18(22)27-17(10)21)13-7-16-15(6-11(8)13)25-19(23)28-20(24)26-16/h2-3,5-8,12H,4H2,1H3. The number of carbonyl (C=O) groups excluding carboxylic acids is 4. The Labute approximate surface area is 157 Å². The molecule has 2 heterocycles. The van der Waals surface area contributed by atoms with Crippen LogP contribution >= 0.6 is 0 Å². The topological polar surface area (TPSA) is 105 Å². The number of cyclic esters (lactones) is 4. The molecular weight excluding hydrogens is 368 g/mol. The van der Waals surface area contributed by atoms with Gasteiger partial charge < -0.3 is 18.9 Å². The predicted octanol–water partition coefficient (Wildman–Crippen LogP) is 3.66. The Morgan fingerprint density at radius 3 is 2.11 bits per heavy atom. The highest BCUT2D eigenvalue weighted by molar-refractivity contribution is 6.14. The maximum absolute atomic E-state index is 11.9. The van der Waals surface area contributed by atoms with Crippen LogP contribution in [-0.2, 0) is 9.47 Å². The van der Waals surface area contributed by atoms with Crippen molar-refractivity contribution in [3.8, 4) is 11.5 Å². The van der Waals surface area contributed by atoms with Crippen LogP contribution in [0.15, 0.2) is 30.3 Å². The number of esters is 2. The van der Waals surface area contributed by atoms with Gasteiger partial charge in [0.05, 0.1) is 11.1 Å². The first-order chi connectivity index (χ1) is 13.4. The highest BCUT2D eigenvalue weighted by Gasteiger charge is 2.36. The minimum Gasteiger partial charge on any atom is -0.391 e. The molecule has 140 valence electrons. The van der Waals surface area contributed by atoms with Crippen LogP contribution in [0, 0.1) is 0 Å². The quantitative estimate of drug-likeness (QED) is 0.419. The summed E-state index contributed by atoms with van der Waals surface area (Å²) in [5, 5.41) is 0. The Balaban J connectivity index is 1.60. The first-order valence-corrected chi connectivity index (χ1v) is 8.60. The minimum atomic E-state index is -1.16. The van der Waals surface area contributed by atoms with Gasteiger partial charge in [0.1, 0.15) is 0 Å². The van der Waals surface area contributed by atoms with E-state index >= 15 is 0 Å². The summed E-state index contributed by atoms with van der Waals surface area (Å²) in [6.45, 7) is 2.03. The van der Waals surface area contributed by atoms with Crippen LogP contribution in [0.4, 0.5) is 9.59 Å². The zero-order valence-electron chi connectivity index (χ0n) is 14.5. The molecule has 3 aliphatic rings. The second kappa shape index (κ2) is 5.66. The molecule has 8 heteroatoms. The molecule has 0 spiro atoms. The lowest BCUT2D eigenvalue weighted by Crippen LogP contribution is -2.14. The van der Waals surface area contributed by atoms with Crippen molar-refractivity contribution in [1.29, 1.82) is 0 Å². The third kappa shape index (κ3) is 2.38. The van der Waals surface area contributed by atoms with Crippen molar-refractivity contribution in [2.75, 3.05) is 0 Å². The van der Waals surface area contributed by atoms with Gasteiger partial charge in [-0.3, -0.25) is 0 Å². The smallest absolute Gasteiger partial charge is 0.391 e. The molecule has 8 nitrogen and oxygen atoms in total. The zero-order chi connectivity index (χ0) is 19.6. The number of hydrogen-bond acceptors (Lipinski definition) is 8. The van der Waals surface area contributed by atoms with E-state index in [1.54, 1.807) is 30.3 Å². The van der Waals surface area contributed by atoms with E-state index in [2.05, 4.69) is 9.47 Å². The molecule has 0 bridgehead atoms. The second-order valence-corrected chi connectivity index (χ2v) is 6.91. The zero-order valence-corrected chi connectivity index (χ0v) is 14.5. The third-order valence-electron chi connectivity index (χ3n) is 5.27. The fourth-order valence-electron chi connectivity index (χ4n) is 4.01. The lowest BCUT2D eigenvalue weighted by atomic mass is 9.90. The van der Waals surface area contributed by atoms with Crippen LogP contribution < -0.4 is 9.47 Å². The van der Waals surface area contributed by atoms with E-state index in [1.165, 1.54) is 0 Å². The van der Waals surface area contributed by atoms with Crippen LogP contribution in [0.5, 0.6) is 11.5 Å². The summed E-state index contributed by atoms with van der Waals surface area (Å²) in [6.07, 6.45) is -1.57. The molecular formula is C20H12O8. The Morgan fingerprint density at radius 1 is 0.750 bits per heavy atom. The molecule has 1 aliphatic carbocycles. The van der Waals surface area contributed by atoms with Gasteiger partial charge in [0.25, 0.3) is 0 Å². The molecule has 2 aliphatic heterocycles. The summed E-state index contributed by atoms with van der Waals surface area (Å²) in [7, 11) is 0. The summed E-state index contributed by atoms with van der Waals surface area (Å²) in [5.41, 5.74) is 3.15. The molecule has 5 rings (SSSR count). The summed E-state index contributed by atoms with van der Waals surface area (Å²) in [5.74, 6) is -1.07. The fourth-order valence-corrected chi connectivity index (χ4v) is 4.01. The van der Waals surface area contributed by atoms with E-state index in [4.69, 9.17) is 9.47 Å². The Morgan fingerprint density at radius 2 is 1.39 bits per heavy atom. The van der Waals surface area contributed by atoms with Gasteiger partial charge in [-0.15, -0.1) is 0 Å². The summed E-state index contributed by atoms with van der Waals surface area (Å²) in [6, 6.07) is 8.34. The summed E-state index contributed by atoms with van der Waals surface area (Å²) < 4.78 is 19.1.